The Balaban J connectivity index is 0.000000466. The molecular formula is C61H93O6P. The zero-order valence-electron chi connectivity index (χ0n) is 47.4. The number of phenols is 1. The van der Waals surface area contributed by atoms with E-state index in [0.717, 1.165) is 50.6 Å². The molecule has 0 saturated carbocycles. The Morgan fingerprint density at radius 1 is 0.426 bits per heavy atom. The van der Waals surface area contributed by atoms with E-state index in [9.17, 15) is 9.90 Å². The second kappa shape index (κ2) is 21.1. The van der Waals surface area contributed by atoms with Crippen molar-refractivity contribution in [3.05, 3.63) is 117 Å². The van der Waals surface area contributed by atoms with Crippen LogP contribution in [-0.4, -0.2) is 17.7 Å². The SMILES string of the molecule is CC(C)(C)c1ccc(OP(Oc2ccc(C(C)(C)C)cc2C(C)(C)C)Oc2ccc(C(C)(C)C)cc2C(C)(C)C)c(C(C)(C)C)c1.CCOC(=O)CCc1cc(C(C)(C)C)c(O)c(C(C)(C)C)c1. The van der Waals surface area contributed by atoms with Crippen molar-refractivity contribution in [2.45, 2.75) is 229 Å². The highest BCUT2D eigenvalue weighted by Gasteiger charge is 2.33. The molecule has 1 N–H and O–H groups in total. The number of ether oxygens (including phenoxy) is 1. The van der Waals surface area contributed by atoms with Crippen LogP contribution in [0, 0.1) is 0 Å². The number of hydrogen-bond acceptors (Lipinski definition) is 6. The van der Waals surface area contributed by atoms with E-state index in [2.05, 4.69) is 221 Å². The lowest BCUT2D eigenvalue weighted by Gasteiger charge is -2.31. The Hall–Kier alpha value is -4.02. The minimum Gasteiger partial charge on any atom is -0.507 e. The first-order chi connectivity index (χ1) is 30.5. The van der Waals surface area contributed by atoms with Gasteiger partial charge >= 0.3 is 14.6 Å². The number of phenolic OH excluding ortho intramolecular Hbond substituents is 1. The van der Waals surface area contributed by atoms with Crippen LogP contribution >= 0.6 is 8.60 Å². The van der Waals surface area contributed by atoms with Gasteiger partial charge < -0.3 is 23.4 Å². The zero-order valence-corrected chi connectivity index (χ0v) is 48.3. The molecule has 0 fully saturated rings. The first-order valence-electron chi connectivity index (χ1n) is 24.9. The van der Waals surface area contributed by atoms with Crippen LogP contribution in [0.15, 0.2) is 66.7 Å². The summed E-state index contributed by atoms with van der Waals surface area (Å²) < 4.78 is 25.7. The summed E-state index contributed by atoms with van der Waals surface area (Å²) in [7, 11) is -1.89. The molecule has 4 aromatic carbocycles. The van der Waals surface area contributed by atoms with Gasteiger partial charge in [-0.3, -0.25) is 4.79 Å². The fourth-order valence-corrected chi connectivity index (χ4v) is 8.82. The van der Waals surface area contributed by atoms with Crippen molar-refractivity contribution < 1.29 is 28.2 Å². The average molecular weight is 953 g/mol. The maximum atomic E-state index is 11.6. The molecule has 0 atom stereocenters. The second-order valence-electron chi connectivity index (χ2n) is 27.0. The van der Waals surface area contributed by atoms with Crippen LogP contribution in [0.2, 0.25) is 0 Å². The van der Waals surface area contributed by atoms with Gasteiger partial charge in [-0.15, -0.1) is 0 Å². The number of hydrogen-bond donors (Lipinski definition) is 1. The molecule has 0 saturated heterocycles. The number of carbonyl (C=O) groups excluding carboxylic acids is 1. The first kappa shape index (κ1) is 58.3. The predicted molar refractivity (Wildman–Crippen MR) is 291 cm³/mol. The van der Waals surface area contributed by atoms with Crippen molar-refractivity contribution in [2.75, 3.05) is 6.61 Å². The van der Waals surface area contributed by atoms with Gasteiger partial charge in [0.15, 0.2) is 0 Å². The van der Waals surface area contributed by atoms with Gasteiger partial charge in [0.25, 0.3) is 0 Å². The number of carbonyl (C=O) groups is 1. The molecule has 0 unspecified atom stereocenters. The van der Waals surface area contributed by atoms with Crippen LogP contribution in [0.5, 0.6) is 23.0 Å². The third-order valence-corrected chi connectivity index (χ3v) is 13.2. The molecule has 4 aromatic rings. The quantitative estimate of drug-likeness (QED) is 0.126. The molecule has 0 aliphatic heterocycles. The zero-order chi connectivity index (χ0) is 52.4. The lowest BCUT2D eigenvalue weighted by atomic mass is 9.78. The molecule has 0 aliphatic rings. The summed E-state index contributed by atoms with van der Waals surface area (Å²) in [5.74, 6) is 2.57. The lowest BCUT2D eigenvalue weighted by Crippen LogP contribution is -2.20. The second-order valence-corrected chi connectivity index (χ2v) is 28.0. The minimum absolute atomic E-state index is 0.0170. The van der Waals surface area contributed by atoms with E-state index < -0.39 is 8.60 Å². The largest absolute Gasteiger partial charge is 0.530 e. The summed E-state index contributed by atoms with van der Waals surface area (Å²) in [5, 5.41) is 10.7. The van der Waals surface area contributed by atoms with Gasteiger partial charge in [0.1, 0.15) is 23.0 Å². The summed E-state index contributed by atoms with van der Waals surface area (Å²) in [6.07, 6.45) is 0.997. The van der Waals surface area contributed by atoms with E-state index in [1.165, 1.54) is 16.7 Å². The molecule has 4 rings (SSSR count). The molecule has 0 radical (unpaired) electrons. The van der Waals surface area contributed by atoms with Crippen LogP contribution in [-0.2, 0) is 59.3 Å². The van der Waals surface area contributed by atoms with Crippen molar-refractivity contribution in [2.24, 2.45) is 0 Å². The maximum Gasteiger partial charge on any atom is 0.530 e. The molecule has 0 heterocycles. The number of esters is 1. The predicted octanol–water partition coefficient (Wildman–Crippen LogP) is 17.7. The molecular weight excluding hydrogens is 860 g/mol. The Kier molecular flexibility index (Phi) is 18.1. The van der Waals surface area contributed by atoms with Gasteiger partial charge in [0.05, 0.1) is 6.61 Å². The minimum atomic E-state index is -1.89. The number of aryl methyl sites for hydroxylation is 1. The van der Waals surface area contributed by atoms with Crippen LogP contribution in [0.25, 0.3) is 0 Å². The number of aromatic hydroxyl groups is 1. The highest BCUT2D eigenvalue weighted by Crippen LogP contribution is 2.50. The summed E-state index contributed by atoms with van der Waals surface area (Å²) in [5.41, 5.74) is 9.48. The van der Waals surface area contributed by atoms with Crippen molar-refractivity contribution >= 4 is 14.6 Å². The third-order valence-electron chi connectivity index (χ3n) is 12.2. The number of rotatable bonds is 10. The summed E-state index contributed by atoms with van der Waals surface area (Å²) >= 11 is 0. The van der Waals surface area contributed by atoms with E-state index in [-0.39, 0.29) is 49.3 Å². The summed E-state index contributed by atoms with van der Waals surface area (Å²) in [6, 6.07) is 23.7. The van der Waals surface area contributed by atoms with Crippen molar-refractivity contribution in [3.63, 3.8) is 0 Å². The van der Waals surface area contributed by atoms with Crippen LogP contribution in [0.3, 0.4) is 0 Å². The Morgan fingerprint density at radius 3 is 0.941 bits per heavy atom. The van der Waals surface area contributed by atoms with E-state index in [4.69, 9.17) is 18.3 Å². The van der Waals surface area contributed by atoms with E-state index in [1.807, 2.05) is 19.1 Å². The monoisotopic (exact) mass is 953 g/mol. The molecule has 0 bridgehead atoms. The summed E-state index contributed by atoms with van der Waals surface area (Å²) in [4.78, 5) is 11.6. The van der Waals surface area contributed by atoms with Gasteiger partial charge in [0, 0.05) is 23.1 Å². The van der Waals surface area contributed by atoms with Crippen molar-refractivity contribution in [1.82, 2.24) is 0 Å². The van der Waals surface area contributed by atoms with Crippen LogP contribution in [0.4, 0.5) is 0 Å². The third kappa shape index (κ3) is 16.3. The fourth-order valence-electron chi connectivity index (χ4n) is 7.74. The Bertz CT molecular complexity index is 2110. The topological polar surface area (TPSA) is 74.2 Å². The molecule has 6 nitrogen and oxygen atoms in total. The first-order valence-corrected chi connectivity index (χ1v) is 26.0. The lowest BCUT2D eigenvalue weighted by molar-refractivity contribution is -0.143. The molecule has 378 valence electrons. The van der Waals surface area contributed by atoms with E-state index in [0.29, 0.717) is 25.2 Å². The highest BCUT2D eigenvalue weighted by molar-refractivity contribution is 7.43. The fraction of sp³-hybridized carbons (Fsp3) is 0.590. The van der Waals surface area contributed by atoms with Crippen molar-refractivity contribution in [1.29, 1.82) is 0 Å². The summed E-state index contributed by atoms with van der Waals surface area (Å²) in [6.45, 7) is 55.1. The van der Waals surface area contributed by atoms with E-state index >= 15 is 0 Å². The average Bonchev–Trinajstić information content (AvgIpc) is 3.14. The molecule has 0 spiro atoms. The Labute approximate surface area is 416 Å². The number of benzene rings is 4. The van der Waals surface area contributed by atoms with Gasteiger partial charge in [0.2, 0.25) is 0 Å². The maximum absolute atomic E-state index is 11.6. The van der Waals surface area contributed by atoms with E-state index in [1.54, 1.807) is 0 Å². The Morgan fingerprint density at radius 2 is 0.706 bits per heavy atom. The normalized spacial score (nSPS) is 13.2. The van der Waals surface area contributed by atoms with Crippen LogP contribution in [0.1, 0.15) is 230 Å². The highest BCUT2D eigenvalue weighted by atomic mass is 31.2. The molecule has 68 heavy (non-hydrogen) atoms. The van der Waals surface area contributed by atoms with Crippen molar-refractivity contribution in [3.8, 4) is 23.0 Å². The molecule has 0 aliphatic carbocycles. The molecule has 0 amide bonds. The molecule has 7 heteroatoms. The standard InChI is InChI=1S/C42H63O3P.C19H30O3/c1-37(2,3)28-19-22-34(31(25-28)40(10,11)12)43-46(44-35-23-20-29(38(4,5)6)26-32(35)41(13,14)15)45-36-24-21-30(39(7,8)9)27-33(36)42(16,17)18;1-8-22-16(20)10-9-13-11-14(18(2,3)4)17(21)15(12-13)19(5,6)7/h19-27H,1-18H3;11-12,21H,8-10H2,1-7H3. The van der Waals surface area contributed by atoms with Gasteiger partial charge in [-0.05, 0) is 108 Å². The van der Waals surface area contributed by atoms with Crippen LogP contribution < -0.4 is 13.6 Å². The van der Waals surface area contributed by atoms with Gasteiger partial charge in [-0.2, -0.15) is 0 Å². The van der Waals surface area contributed by atoms with Gasteiger partial charge in [-0.25, -0.2) is 0 Å². The van der Waals surface area contributed by atoms with Gasteiger partial charge in [-0.1, -0.05) is 215 Å². The smallest absolute Gasteiger partial charge is 0.507 e. The molecule has 0 aromatic heterocycles.